The molecule has 2 aromatic heterocycles. The van der Waals surface area contributed by atoms with E-state index < -0.39 is 5.97 Å². The molecule has 0 aliphatic heterocycles. The Bertz CT molecular complexity index is 1450. The first-order valence-corrected chi connectivity index (χ1v) is 12.7. The van der Waals surface area contributed by atoms with Crippen molar-refractivity contribution in [2.45, 2.75) is 58.4 Å². The molecule has 2 aromatic carbocycles. The van der Waals surface area contributed by atoms with Crippen LogP contribution < -0.4 is 10.4 Å². The molecule has 4 rings (SSSR count). The molecule has 0 amide bonds. The van der Waals surface area contributed by atoms with E-state index in [9.17, 15) is 14.7 Å². The van der Waals surface area contributed by atoms with Crippen molar-refractivity contribution in [3.8, 4) is 16.9 Å². The summed E-state index contributed by atoms with van der Waals surface area (Å²) < 4.78 is 6.76. The summed E-state index contributed by atoms with van der Waals surface area (Å²) in [6.45, 7) is 6.97. The van der Waals surface area contributed by atoms with E-state index in [1.165, 1.54) is 17.4 Å². The molecule has 2 heterocycles. The quantitative estimate of drug-likeness (QED) is 0.315. The molecule has 0 unspecified atom stereocenters. The van der Waals surface area contributed by atoms with Crippen molar-refractivity contribution in [1.29, 1.82) is 0 Å². The van der Waals surface area contributed by atoms with Crippen LogP contribution in [0.5, 0.6) is 5.75 Å². The lowest BCUT2D eigenvalue weighted by Gasteiger charge is -2.19. The van der Waals surface area contributed by atoms with Gasteiger partial charge in [0.05, 0.1) is 20.1 Å². The van der Waals surface area contributed by atoms with Crippen LogP contribution in [0.2, 0.25) is 0 Å². The van der Waals surface area contributed by atoms with Gasteiger partial charge in [0.25, 0.3) is 0 Å². The summed E-state index contributed by atoms with van der Waals surface area (Å²) in [6, 6.07) is 17.8. The minimum atomic E-state index is -0.908. The van der Waals surface area contributed by atoms with E-state index in [1.807, 2.05) is 24.3 Å². The van der Waals surface area contributed by atoms with Gasteiger partial charge < -0.3 is 9.84 Å². The zero-order chi connectivity index (χ0) is 27.3. The first kappa shape index (κ1) is 26.9. The molecule has 0 bridgehead atoms. The number of aryl methyl sites for hydroxylation is 2. The molecule has 4 aromatic rings. The molecule has 0 aliphatic rings. The highest BCUT2D eigenvalue weighted by Crippen LogP contribution is 2.27. The Kier molecular flexibility index (Phi) is 8.10. The van der Waals surface area contributed by atoms with Crippen LogP contribution in [0, 0.1) is 0 Å². The number of carboxylic acid groups (broad SMARTS) is 1. The van der Waals surface area contributed by atoms with Crippen LogP contribution in [0.3, 0.4) is 0 Å². The second kappa shape index (κ2) is 11.5. The summed E-state index contributed by atoms with van der Waals surface area (Å²) in [5.74, 6) is 0.316. The molecule has 0 saturated heterocycles. The molecule has 198 valence electrons. The molecular formula is C30H34N4O4. The smallest absolute Gasteiger partial charge is 0.343 e. The number of aromatic amines is 1. The van der Waals surface area contributed by atoms with Gasteiger partial charge in [0.15, 0.2) is 0 Å². The summed E-state index contributed by atoms with van der Waals surface area (Å²) in [5, 5.41) is 13.7. The fourth-order valence-corrected chi connectivity index (χ4v) is 4.35. The van der Waals surface area contributed by atoms with Crippen LogP contribution in [-0.4, -0.2) is 37.9 Å². The average molecular weight is 515 g/mol. The summed E-state index contributed by atoms with van der Waals surface area (Å²) in [7, 11) is 1.53. The van der Waals surface area contributed by atoms with Crippen LogP contribution in [0.15, 0.2) is 65.6 Å². The number of carboxylic acids is 1. The van der Waals surface area contributed by atoms with Gasteiger partial charge in [0.1, 0.15) is 11.6 Å². The van der Waals surface area contributed by atoms with E-state index in [0.29, 0.717) is 30.1 Å². The predicted octanol–water partition coefficient (Wildman–Crippen LogP) is 4.79. The van der Waals surface area contributed by atoms with Crippen LogP contribution in [0.25, 0.3) is 11.1 Å². The van der Waals surface area contributed by atoms with Crippen molar-refractivity contribution >= 4 is 5.97 Å². The predicted molar refractivity (Wildman–Crippen MR) is 147 cm³/mol. The third-order valence-electron chi connectivity index (χ3n) is 6.51. The number of hydrogen-bond acceptors (Lipinski definition) is 5. The van der Waals surface area contributed by atoms with Gasteiger partial charge in [-0.1, -0.05) is 57.2 Å². The lowest BCUT2D eigenvalue weighted by molar-refractivity contribution is -0.136. The standard InChI is InChI=1S/C30H34N4O4/c1-30(2,3)24-12-8-20(9-13-24)19-34-29(37)32-27(33-34)7-5-6-25-14-10-22(18-31-25)21-11-15-26(38-4)23(16-21)17-28(35)36/h8-16,18H,5-7,17,19H2,1-4H3,(H,35,36)(H,32,33,37). The number of aliphatic carboxylic acids is 1. The summed E-state index contributed by atoms with van der Waals surface area (Å²) in [4.78, 5) is 31.0. The van der Waals surface area contributed by atoms with E-state index in [-0.39, 0.29) is 17.5 Å². The summed E-state index contributed by atoms with van der Waals surface area (Å²) in [5.41, 5.74) is 5.53. The van der Waals surface area contributed by atoms with E-state index in [2.05, 4.69) is 60.1 Å². The van der Waals surface area contributed by atoms with Gasteiger partial charge in [0.2, 0.25) is 0 Å². The summed E-state index contributed by atoms with van der Waals surface area (Å²) >= 11 is 0. The topological polar surface area (TPSA) is 110 Å². The van der Waals surface area contributed by atoms with Gasteiger partial charge in [-0.05, 0) is 53.1 Å². The van der Waals surface area contributed by atoms with Crippen molar-refractivity contribution in [1.82, 2.24) is 19.7 Å². The number of ether oxygens (including phenoxy) is 1. The van der Waals surface area contributed by atoms with Gasteiger partial charge in [-0.3, -0.25) is 14.8 Å². The number of rotatable bonds is 10. The van der Waals surface area contributed by atoms with Crippen molar-refractivity contribution in [3.05, 3.63) is 99.5 Å². The number of nitrogens with one attached hydrogen (secondary N) is 1. The lowest BCUT2D eigenvalue weighted by atomic mass is 9.87. The van der Waals surface area contributed by atoms with E-state index in [4.69, 9.17) is 4.74 Å². The second-order valence-electron chi connectivity index (χ2n) is 10.5. The van der Waals surface area contributed by atoms with Crippen LogP contribution in [0.4, 0.5) is 0 Å². The molecule has 8 heteroatoms. The van der Waals surface area contributed by atoms with E-state index >= 15 is 0 Å². The number of H-pyrrole nitrogens is 1. The van der Waals surface area contributed by atoms with Crippen molar-refractivity contribution in [2.24, 2.45) is 0 Å². The first-order valence-electron chi connectivity index (χ1n) is 12.7. The number of pyridine rings is 1. The first-order chi connectivity index (χ1) is 18.1. The second-order valence-corrected chi connectivity index (χ2v) is 10.5. The maximum atomic E-state index is 12.4. The van der Waals surface area contributed by atoms with E-state index in [0.717, 1.165) is 35.2 Å². The molecule has 0 radical (unpaired) electrons. The highest BCUT2D eigenvalue weighted by molar-refractivity contribution is 5.73. The lowest BCUT2D eigenvalue weighted by Crippen LogP contribution is -2.19. The third-order valence-corrected chi connectivity index (χ3v) is 6.51. The molecule has 0 fully saturated rings. The minimum absolute atomic E-state index is 0.0885. The fourth-order valence-electron chi connectivity index (χ4n) is 4.35. The molecule has 0 spiro atoms. The monoisotopic (exact) mass is 514 g/mol. The van der Waals surface area contributed by atoms with Gasteiger partial charge in [-0.15, -0.1) is 0 Å². The SMILES string of the molecule is COc1ccc(-c2ccc(CCCc3nn(Cc4ccc(C(C)(C)C)cc4)c(=O)[nH]3)nc2)cc1CC(=O)O. The number of aromatic nitrogens is 4. The van der Waals surface area contributed by atoms with Crippen molar-refractivity contribution < 1.29 is 14.6 Å². The number of hydrogen-bond donors (Lipinski definition) is 2. The zero-order valence-electron chi connectivity index (χ0n) is 22.3. The highest BCUT2D eigenvalue weighted by atomic mass is 16.5. The molecule has 0 aliphatic carbocycles. The van der Waals surface area contributed by atoms with Crippen LogP contribution >= 0.6 is 0 Å². The Morgan fingerprint density at radius 2 is 1.76 bits per heavy atom. The average Bonchev–Trinajstić information content (AvgIpc) is 3.22. The number of methoxy groups -OCH3 is 1. The molecule has 0 atom stereocenters. The van der Waals surface area contributed by atoms with Crippen LogP contribution in [0.1, 0.15) is 55.4 Å². The minimum Gasteiger partial charge on any atom is -0.496 e. The molecule has 0 saturated carbocycles. The van der Waals surface area contributed by atoms with Gasteiger partial charge in [0, 0.05) is 29.4 Å². The van der Waals surface area contributed by atoms with E-state index in [1.54, 1.807) is 12.3 Å². The Labute approximate surface area is 222 Å². The third kappa shape index (κ3) is 6.76. The molecular weight excluding hydrogens is 480 g/mol. The number of benzene rings is 2. The maximum absolute atomic E-state index is 12.4. The van der Waals surface area contributed by atoms with Crippen molar-refractivity contribution in [3.63, 3.8) is 0 Å². The van der Waals surface area contributed by atoms with Gasteiger partial charge >= 0.3 is 11.7 Å². The molecule has 2 N–H and O–H groups in total. The Morgan fingerprint density at radius 3 is 2.39 bits per heavy atom. The number of nitrogens with zero attached hydrogens (tertiary/aromatic N) is 3. The highest BCUT2D eigenvalue weighted by Gasteiger charge is 2.14. The Hall–Kier alpha value is -4.20. The zero-order valence-corrected chi connectivity index (χ0v) is 22.3. The van der Waals surface area contributed by atoms with Crippen molar-refractivity contribution in [2.75, 3.05) is 7.11 Å². The fraction of sp³-hybridized carbons (Fsp3) is 0.333. The number of carbonyl (C=O) groups is 1. The van der Waals surface area contributed by atoms with Gasteiger partial charge in [-0.2, -0.15) is 5.10 Å². The van der Waals surface area contributed by atoms with Gasteiger partial charge in [-0.25, -0.2) is 9.48 Å². The molecule has 8 nitrogen and oxygen atoms in total. The Balaban J connectivity index is 1.34. The summed E-state index contributed by atoms with van der Waals surface area (Å²) in [6.07, 6.45) is 3.87. The van der Waals surface area contributed by atoms with Crippen LogP contribution in [-0.2, 0) is 36.0 Å². The molecule has 38 heavy (non-hydrogen) atoms. The Morgan fingerprint density at radius 1 is 1.03 bits per heavy atom. The normalized spacial score (nSPS) is 11.5. The maximum Gasteiger partial charge on any atom is 0.343 e. The largest absolute Gasteiger partial charge is 0.496 e.